The van der Waals surface area contributed by atoms with E-state index in [1.807, 2.05) is 62.6 Å². The molecule has 0 fully saturated rings. The van der Waals surface area contributed by atoms with Crippen molar-refractivity contribution < 1.29 is 19.0 Å². The topological polar surface area (TPSA) is 94.6 Å². The van der Waals surface area contributed by atoms with Crippen LogP contribution in [0, 0.1) is 25.2 Å². The molecule has 0 saturated carbocycles. The average Bonchev–Trinajstić information content (AvgIpc) is 2.81. The molecule has 1 aliphatic rings. The van der Waals surface area contributed by atoms with Gasteiger partial charge in [-0.05, 0) is 67.1 Å². The zero-order chi connectivity index (χ0) is 24.2. The van der Waals surface area contributed by atoms with Gasteiger partial charge in [0.15, 0.2) is 6.61 Å². The van der Waals surface area contributed by atoms with Gasteiger partial charge in [-0.2, -0.15) is 5.26 Å². The van der Waals surface area contributed by atoms with Gasteiger partial charge in [0.25, 0.3) is 0 Å². The molecule has 0 amide bonds. The van der Waals surface area contributed by atoms with Crippen LogP contribution in [0.5, 0.6) is 17.2 Å². The lowest BCUT2D eigenvalue weighted by molar-refractivity contribution is -0.136. The fraction of sp³-hybridized carbons (Fsp3) is 0.185. The molecule has 1 atom stereocenters. The second-order valence-corrected chi connectivity index (χ2v) is 8.86. The molecule has 0 bridgehead atoms. The van der Waals surface area contributed by atoms with E-state index in [9.17, 15) is 10.1 Å². The van der Waals surface area contributed by atoms with E-state index in [4.69, 9.17) is 19.9 Å². The second-order valence-electron chi connectivity index (χ2n) is 7.98. The van der Waals surface area contributed by atoms with E-state index in [1.165, 1.54) is 0 Å². The highest BCUT2D eigenvalue weighted by atomic mass is 32.2. The summed E-state index contributed by atoms with van der Waals surface area (Å²) >= 11 is 1.64. The summed E-state index contributed by atoms with van der Waals surface area (Å²) in [7, 11) is 0. The van der Waals surface area contributed by atoms with Gasteiger partial charge in [0.1, 0.15) is 28.9 Å². The van der Waals surface area contributed by atoms with E-state index in [2.05, 4.69) is 6.07 Å². The van der Waals surface area contributed by atoms with Crippen LogP contribution in [0.3, 0.4) is 0 Å². The lowest BCUT2D eigenvalue weighted by atomic mass is 9.83. The minimum absolute atomic E-state index is 0.0376. The van der Waals surface area contributed by atoms with E-state index in [0.29, 0.717) is 22.8 Å². The SMILES string of the molecule is CSc1ccc(C2C(C#N)=C(N)Oc3cc(OC(=O)COc4cc(C)cc(C)c4)ccc32)cc1. The first-order valence-corrected chi connectivity index (χ1v) is 11.9. The molecule has 0 saturated heterocycles. The molecular weight excluding hydrogens is 448 g/mol. The Hall–Kier alpha value is -3.89. The number of rotatable bonds is 6. The third kappa shape index (κ3) is 5.03. The Balaban J connectivity index is 1.53. The maximum Gasteiger partial charge on any atom is 0.349 e. The van der Waals surface area contributed by atoms with Crippen LogP contribution in [-0.4, -0.2) is 18.8 Å². The lowest BCUT2D eigenvalue weighted by Crippen LogP contribution is -2.21. The number of nitrogens with zero attached hydrogens (tertiary/aromatic N) is 1. The fourth-order valence-electron chi connectivity index (χ4n) is 3.96. The molecule has 2 N–H and O–H groups in total. The summed E-state index contributed by atoms with van der Waals surface area (Å²) in [4.78, 5) is 13.5. The first kappa shape index (κ1) is 23.3. The van der Waals surface area contributed by atoms with Gasteiger partial charge in [-0.1, -0.05) is 24.3 Å². The predicted octanol–water partition coefficient (Wildman–Crippen LogP) is 5.23. The Kier molecular flexibility index (Phi) is 6.80. The normalized spacial score (nSPS) is 14.6. The fourth-order valence-corrected chi connectivity index (χ4v) is 4.37. The summed E-state index contributed by atoms with van der Waals surface area (Å²) in [5, 5.41) is 9.73. The van der Waals surface area contributed by atoms with Gasteiger partial charge in [0.2, 0.25) is 5.88 Å². The molecular formula is C27H24N2O4S. The Labute approximate surface area is 202 Å². The van der Waals surface area contributed by atoms with Gasteiger partial charge in [0, 0.05) is 16.5 Å². The molecule has 172 valence electrons. The number of hydrogen-bond acceptors (Lipinski definition) is 7. The highest BCUT2D eigenvalue weighted by Crippen LogP contribution is 2.43. The van der Waals surface area contributed by atoms with Gasteiger partial charge in [-0.15, -0.1) is 11.8 Å². The first-order valence-electron chi connectivity index (χ1n) is 10.6. The van der Waals surface area contributed by atoms with Crippen molar-refractivity contribution in [2.75, 3.05) is 12.9 Å². The summed E-state index contributed by atoms with van der Waals surface area (Å²) < 4.78 is 16.8. The zero-order valence-electron chi connectivity index (χ0n) is 19.1. The Morgan fingerprint density at radius 2 is 1.76 bits per heavy atom. The molecule has 1 unspecified atom stereocenters. The summed E-state index contributed by atoms with van der Waals surface area (Å²) in [5.74, 6) is 0.479. The minimum atomic E-state index is -0.541. The third-order valence-corrected chi connectivity index (χ3v) is 6.17. The molecule has 6 nitrogen and oxygen atoms in total. The number of carbonyl (C=O) groups excluding carboxylic acids is 1. The third-order valence-electron chi connectivity index (χ3n) is 5.42. The summed E-state index contributed by atoms with van der Waals surface area (Å²) in [6, 6.07) is 21.0. The van der Waals surface area contributed by atoms with Crippen LogP contribution >= 0.6 is 11.8 Å². The molecule has 0 aliphatic carbocycles. The number of carbonyl (C=O) groups is 1. The van der Waals surface area contributed by atoms with Crippen LogP contribution in [-0.2, 0) is 4.79 Å². The average molecular weight is 473 g/mol. The number of allylic oxidation sites excluding steroid dienone is 1. The maximum absolute atomic E-state index is 12.4. The van der Waals surface area contributed by atoms with E-state index >= 15 is 0 Å². The molecule has 3 aromatic rings. The minimum Gasteiger partial charge on any atom is -0.482 e. The number of thioether (sulfide) groups is 1. The molecule has 4 rings (SSSR count). The van der Waals surface area contributed by atoms with Crippen LogP contribution in [0.4, 0.5) is 0 Å². The van der Waals surface area contributed by atoms with Crippen molar-refractivity contribution in [2.45, 2.75) is 24.7 Å². The van der Waals surface area contributed by atoms with Gasteiger partial charge in [-0.3, -0.25) is 0 Å². The second kappa shape index (κ2) is 9.94. The van der Waals surface area contributed by atoms with Crippen molar-refractivity contribution in [3.05, 3.63) is 94.4 Å². The highest BCUT2D eigenvalue weighted by molar-refractivity contribution is 7.98. The summed E-state index contributed by atoms with van der Waals surface area (Å²) in [6.45, 7) is 3.70. The van der Waals surface area contributed by atoms with Gasteiger partial charge >= 0.3 is 5.97 Å². The van der Waals surface area contributed by atoms with Crippen molar-refractivity contribution in [1.82, 2.24) is 0 Å². The number of hydrogen-bond donors (Lipinski definition) is 1. The number of fused-ring (bicyclic) bond motifs is 1. The highest BCUT2D eigenvalue weighted by Gasteiger charge is 2.31. The molecule has 1 aliphatic heterocycles. The molecule has 0 spiro atoms. The van der Waals surface area contributed by atoms with E-state index in [0.717, 1.165) is 27.1 Å². The predicted molar refractivity (Wildman–Crippen MR) is 131 cm³/mol. The maximum atomic E-state index is 12.4. The quantitative estimate of drug-likeness (QED) is 0.298. The molecule has 7 heteroatoms. The van der Waals surface area contributed by atoms with Gasteiger partial charge in [0.05, 0.1) is 5.92 Å². The monoisotopic (exact) mass is 472 g/mol. The van der Waals surface area contributed by atoms with Crippen molar-refractivity contribution in [3.63, 3.8) is 0 Å². The number of nitrogens with two attached hydrogens (primary N) is 1. The Morgan fingerprint density at radius 1 is 1.06 bits per heavy atom. The van der Waals surface area contributed by atoms with Crippen molar-refractivity contribution >= 4 is 17.7 Å². The number of esters is 1. The lowest BCUT2D eigenvalue weighted by Gasteiger charge is -2.26. The van der Waals surface area contributed by atoms with Crippen LogP contribution in [0.25, 0.3) is 0 Å². The summed E-state index contributed by atoms with van der Waals surface area (Å²) in [6.07, 6.45) is 2.01. The molecule has 0 radical (unpaired) electrons. The number of ether oxygens (including phenoxy) is 3. The van der Waals surface area contributed by atoms with Crippen LogP contribution in [0.1, 0.15) is 28.2 Å². The van der Waals surface area contributed by atoms with Gasteiger partial charge < -0.3 is 19.9 Å². The number of nitriles is 1. The first-order chi connectivity index (χ1) is 16.4. The molecule has 34 heavy (non-hydrogen) atoms. The van der Waals surface area contributed by atoms with Crippen molar-refractivity contribution in [2.24, 2.45) is 5.73 Å². The van der Waals surface area contributed by atoms with E-state index < -0.39 is 5.97 Å². The number of aryl methyl sites for hydroxylation is 2. The Morgan fingerprint density at radius 3 is 2.41 bits per heavy atom. The van der Waals surface area contributed by atoms with Crippen molar-refractivity contribution in [3.8, 4) is 23.3 Å². The standard InChI is InChI=1S/C27H24N2O4S/c1-16-10-17(2)12-20(11-16)31-15-25(30)32-19-6-9-22-24(13-19)33-27(29)23(14-28)26(22)18-4-7-21(34-3)8-5-18/h4-13,26H,15,29H2,1-3H3. The van der Waals surface area contributed by atoms with E-state index in [1.54, 1.807) is 30.0 Å². The summed E-state index contributed by atoms with van der Waals surface area (Å²) in [5.41, 5.74) is 10.2. The molecule has 3 aromatic carbocycles. The number of benzene rings is 3. The van der Waals surface area contributed by atoms with Crippen LogP contribution < -0.4 is 19.9 Å². The molecule has 1 heterocycles. The van der Waals surface area contributed by atoms with E-state index in [-0.39, 0.29) is 18.4 Å². The van der Waals surface area contributed by atoms with Gasteiger partial charge in [-0.25, -0.2) is 4.79 Å². The molecule has 0 aromatic heterocycles. The van der Waals surface area contributed by atoms with Crippen LogP contribution in [0.2, 0.25) is 0 Å². The van der Waals surface area contributed by atoms with Crippen molar-refractivity contribution in [1.29, 1.82) is 5.26 Å². The zero-order valence-corrected chi connectivity index (χ0v) is 19.9. The largest absolute Gasteiger partial charge is 0.482 e. The van der Waals surface area contributed by atoms with Crippen LogP contribution in [0.15, 0.2) is 77.0 Å². The smallest absolute Gasteiger partial charge is 0.349 e. The Bertz CT molecular complexity index is 1290.